The minimum absolute atomic E-state index is 0.324. The molecule has 4 N–H and O–H groups in total. The van der Waals surface area contributed by atoms with E-state index in [1.54, 1.807) is 6.07 Å². The first-order chi connectivity index (χ1) is 7.65. The molecule has 0 bridgehead atoms. The van der Waals surface area contributed by atoms with Crippen LogP contribution in [0.3, 0.4) is 0 Å². The van der Waals surface area contributed by atoms with E-state index in [0.29, 0.717) is 17.8 Å². The quantitative estimate of drug-likeness (QED) is 0.717. The van der Waals surface area contributed by atoms with Crippen molar-refractivity contribution in [1.82, 2.24) is 0 Å². The van der Waals surface area contributed by atoms with Gasteiger partial charge in [0.15, 0.2) is 0 Å². The molecule has 0 heterocycles. The maximum Gasteiger partial charge on any atom is 0.120 e. The minimum atomic E-state index is 0.324. The second-order valence-corrected chi connectivity index (χ2v) is 4.77. The maximum absolute atomic E-state index is 9.62. The smallest absolute Gasteiger partial charge is 0.120 e. The lowest BCUT2D eigenvalue weighted by molar-refractivity contribution is 0.409. The van der Waals surface area contributed by atoms with Crippen molar-refractivity contribution in [3.63, 3.8) is 0 Å². The molecule has 0 aromatic heterocycles. The zero-order chi connectivity index (χ0) is 11.5. The Labute approximate surface area is 96.7 Å². The molecule has 0 spiro atoms. The standard InChI is InChI=1S/C13H20N2O/c1-9-5-6-12(8-13(9)16)15-11-4-2-3-10(14)7-11/h5-6,8,10-11,15-16H,2-4,7,14H2,1H3. The lowest BCUT2D eigenvalue weighted by Crippen LogP contribution is -2.34. The third kappa shape index (κ3) is 2.67. The number of phenolic OH excluding ortho intramolecular Hbond substituents is 1. The summed E-state index contributed by atoms with van der Waals surface area (Å²) < 4.78 is 0. The van der Waals surface area contributed by atoms with E-state index in [0.717, 1.165) is 24.1 Å². The van der Waals surface area contributed by atoms with Crippen LogP contribution in [0.5, 0.6) is 5.75 Å². The number of rotatable bonds is 2. The number of anilines is 1. The molecule has 1 aromatic rings. The Hall–Kier alpha value is -1.22. The van der Waals surface area contributed by atoms with Crippen molar-refractivity contribution in [2.75, 3.05) is 5.32 Å². The second-order valence-electron chi connectivity index (χ2n) is 4.77. The van der Waals surface area contributed by atoms with Crippen molar-refractivity contribution in [2.45, 2.75) is 44.7 Å². The second kappa shape index (κ2) is 4.74. The molecule has 0 aliphatic heterocycles. The van der Waals surface area contributed by atoms with Crippen LogP contribution in [-0.2, 0) is 0 Å². The normalized spacial score (nSPS) is 25.4. The molecule has 1 fully saturated rings. The lowest BCUT2D eigenvalue weighted by atomic mass is 9.91. The summed E-state index contributed by atoms with van der Waals surface area (Å²) in [5.41, 5.74) is 7.84. The third-order valence-corrected chi connectivity index (χ3v) is 3.29. The van der Waals surface area contributed by atoms with Gasteiger partial charge in [-0.3, -0.25) is 0 Å². The summed E-state index contributed by atoms with van der Waals surface area (Å²) in [7, 11) is 0. The molecule has 0 radical (unpaired) electrons. The van der Waals surface area contributed by atoms with Crippen LogP contribution in [0.15, 0.2) is 18.2 Å². The number of phenols is 1. The lowest BCUT2D eigenvalue weighted by Gasteiger charge is -2.28. The van der Waals surface area contributed by atoms with Crippen LogP contribution in [0.4, 0.5) is 5.69 Å². The minimum Gasteiger partial charge on any atom is -0.508 e. The molecular weight excluding hydrogens is 200 g/mol. The number of hydrogen-bond donors (Lipinski definition) is 3. The fraction of sp³-hybridized carbons (Fsp3) is 0.538. The van der Waals surface area contributed by atoms with Crippen molar-refractivity contribution < 1.29 is 5.11 Å². The molecule has 88 valence electrons. The Balaban J connectivity index is 2.00. The van der Waals surface area contributed by atoms with Crippen molar-refractivity contribution in [3.05, 3.63) is 23.8 Å². The fourth-order valence-corrected chi connectivity index (χ4v) is 2.29. The van der Waals surface area contributed by atoms with Gasteiger partial charge in [-0.25, -0.2) is 0 Å². The Morgan fingerprint density at radius 2 is 2.19 bits per heavy atom. The Morgan fingerprint density at radius 1 is 1.38 bits per heavy atom. The van der Waals surface area contributed by atoms with Gasteiger partial charge < -0.3 is 16.2 Å². The fourth-order valence-electron chi connectivity index (χ4n) is 2.29. The first-order valence-corrected chi connectivity index (χ1v) is 5.97. The zero-order valence-corrected chi connectivity index (χ0v) is 9.74. The van der Waals surface area contributed by atoms with Gasteiger partial charge in [-0.1, -0.05) is 6.07 Å². The monoisotopic (exact) mass is 220 g/mol. The third-order valence-electron chi connectivity index (χ3n) is 3.29. The summed E-state index contributed by atoms with van der Waals surface area (Å²) in [6.45, 7) is 1.90. The van der Waals surface area contributed by atoms with Crippen LogP contribution in [0.2, 0.25) is 0 Å². The molecule has 3 heteroatoms. The topological polar surface area (TPSA) is 58.3 Å². The first-order valence-electron chi connectivity index (χ1n) is 5.97. The van der Waals surface area contributed by atoms with Crippen LogP contribution in [0.1, 0.15) is 31.2 Å². The van der Waals surface area contributed by atoms with Crippen LogP contribution < -0.4 is 11.1 Å². The number of nitrogens with two attached hydrogens (primary N) is 1. The van der Waals surface area contributed by atoms with Gasteiger partial charge in [0.1, 0.15) is 5.75 Å². The largest absolute Gasteiger partial charge is 0.508 e. The van der Waals surface area contributed by atoms with Gasteiger partial charge in [0, 0.05) is 23.8 Å². The van der Waals surface area contributed by atoms with Gasteiger partial charge >= 0.3 is 0 Å². The van der Waals surface area contributed by atoms with E-state index in [-0.39, 0.29) is 0 Å². The van der Waals surface area contributed by atoms with Gasteiger partial charge in [-0.05, 0) is 44.2 Å². The summed E-state index contributed by atoms with van der Waals surface area (Å²) >= 11 is 0. The number of aromatic hydroxyl groups is 1. The van der Waals surface area contributed by atoms with Gasteiger partial charge in [0.25, 0.3) is 0 Å². The number of nitrogens with one attached hydrogen (secondary N) is 1. The zero-order valence-electron chi connectivity index (χ0n) is 9.74. The molecular formula is C13H20N2O. The highest BCUT2D eigenvalue weighted by Gasteiger charge is 2.18. The molecule has 0 amide bonds. The summed E-state index contributed by atoms with van der Waals surface area (Å²) in [5.74, 6) is 0.352. The van der Waals surface area contributed by atoms with Crippen molar-refractivity contribution in [3.8, 4) is 5.75 Å². The van der Waals surface area contributed by atoms with E-state index in [1.165, 1.54) is 12.8 Å². The van der Waals surface area contributed by atoms with Crippen LogP contribution in [0, 0.1) is 6.92 Å². The molecule has 1 aromatic carbocycles. The number of aryl methyl sites for hydroxylation is 1. The van der Waals surface area contributed by atoms with Gasteiger partial charge in [-0.15, -0.1) is 0 Å². The average Bonchev–Trinajstić information content (AvgIpc) is 2.24. The van der Waals surface area contributed by atoms with E-state index in [4.69, 9.17) is 5.73 Å². The summed E-state index contributed by atoms with van der Waals surface area (Å²) in [6.07, 6.45) is 4.52. The number of hydrogen-bond acceptors (Lipinski definition) is 3. The van der Waals surface area contributed by atoms with Crippen LogP contribution in [0.25, 0.3) is 0 Å². The average molecular weight is 220 g/mol. The van der Waals surface area contributed by atoms with Gasteiger partial charge in [0.05, 0.1) is 0 Å². The summed E-state index contributed by atoms with van der Waals surface area (Å²) in [4.78, 5) is 0. The molecule has 2 atom stereocenters. The van der Waals surface area contributed by atoms with Crippen molar-refractivity contribution in [1.29, 1.82) is 0 Å². The molecule has 0 saturated heterocycles. The summed E-state index contributed by atoms with van der Waals surface area (Å²) in [6, 6.07) is 6.50. The van der Waals surface area contributed by atoms with E-state index in [1.807, 2.05) is 19.1 Å². The molecule has 2 unspecified atom stereocenters. The van der Waals surface area contributed by atoms with E-state index >= 15 is 0 Å². The maximum atomic E-state index is 9.62. The summed E-state index contributed by atoms with van der Waals surface area (Å²) in [5, 5.41) is 13.1. The molecule has 16 heavy (non-hydrogen) atoms. The Morgan fingerprint density at radius 3 is 2.88 bits per heavy atom. The number of benzene rings is 1. The highest BCUT2D eigenvalue weighted by atomic mass is 16.3. The molecule has 1 aliphatic rings. The van der Waals surface area contributed by atoms with E-state index < -0.39 is 0 Å². The van der Waals surface area contributed by atoms with E-state index in [2.05, 4.69) is 5.32 Å². The Kier molecular flexibility index (Phi) is 3.34. The van der Waals surface area contributed by atoms with Crippen LogP contribution in [-0.4, -0.2) is 17.2 Å². The van der Waals surface area contributed by atoms with Crippen molar-refractivity contribution >= 4 is 5.69 Å². The molecule has 3 nitrogen and oxygen atoms in total. The predicted octanol–water partition coefficient (Wildman–Crippen LogP) is 2.38. The predicted molar refractivity (Wildman–Crippen MR) is 66.7 cm³/mol. The molecule has 1 saturated carbocycles. The first kappa shape index (κ1) is 11.3. The van der Waals surface area contributed by atoms with Gasteiger partial charge in [0.2, 0.25) is 0 Å². The van der Waals surface area contributed by atoms with Crippen molar-refractivity contribution in [2.24, 2.45) is 5.73 Å². The highest BCUT2D eigenvalue weighted by Crippen LogP contribution is 2.25. The Bertz CT molecular complexity index is 365. The highest BCUT2D eigenvalue weighted by molar-refractivity contribution is 5.51. The van der Waals surface area contributed by atoms with E-state index in [9.17, 15) is 5.11 Å². The molecule has 2 rings (SSSR count). The SMILES string of the molecule is Cc1ccc(NC2CCCC(N)C2)cc1O. The van der Waals surface area contributed by atoms with Gasteiger partial charge in [-0.2, -0.15) is 0 Å². The van der Waals surface area contributed by atoms with Crippen LogP contribution >= 0.6 is 0 Å². The molecule has 1 aliphatic carbocycles.